The molecule has 1 aliphatic rings. The summed E-state index contributed by atoms with van der Waals surface area (Å²) in [6, 6.07) is 9.18. The topological polar surface area (TPSA) is 61.8 Å². The van der Waals surface area contributed by atoms with Crippen LogP contribution in [-0.2, 0) is 6.54 Å². The van der Waals surface area contributed by atoms with Crippen molar-refractivity contribution in [2.75, 3.05) is 26.7 Å². The van der Waals surface area contributed by atoms with Crippen LogP contribution in [0.1, 0.15) is 12.0 Å². The number of likely N-dealkylation sites (tertiary alicyclic amines) is 1. The summed E-state index contributed by atoms with van der Waals surface area (Å²) in [4.78, 5) is 9.70. The quantitative estimate of drug-likeness (QED) is 0.423. The van der Waals surface area contributed by atoms with Gasteiger partial charge in [-0.15, -0.1) is 0 Å². The highest BCUT2D eigenvalue weighted by Crippen LogP contribution is 2.23. The monoisotopic (exact) mass is 425 g/mol. The summed E-state index contributed by atoms with van der Waals surface area (Å²) in [5.74, 6) is 0.703. The summed E-state index contributed by atoms with van der Waals surface area (Å²) >= 11 is 0. The number of halogens is 4. The van der Waals surface area contributed by atoms with Gasteiger partial charge in [0.2, 0.25) is 5.88 Å². The molecule has 1 unspecified atom stereocenters. The number of benzene rings is 1. The van der Waals surface area contributed by atoms with Gasteiger partial charge in [-0.25, -0.2) is 9.37 Å². The number of aliphatic imine (C=N–C) groups is 1. The van der Waals surface area contributed by atoms with Crippen molar-refractivity contribution in [1.29, 1.82) is 0 Å². The second-order valence-corrected chi connectivity index (χ2v) is 6.93. The van der Waals surface area contributed by atoms with Crippen molar-refractivity contribution in [3.8, 4) is 11.6 Å². The van der Waals surface area contributed by atoms with E-state index in [9.17, 15) is 17.6 Å². The van der Waals surface area contributed by atoms with E-state index >= 15 is 0 Å². The molecule has 2 N–H and O–H groups in total. The number of rotatable bonds is 6. The van der Waals surface area contributed by atoms with Gasteiger partial charge in [-0.1, -0.05) is 12.1 Å². The third kappa shape index (κ3) is 6.58. The molecule has 6 nitrogen and oxygen atoms in total. The molecule has 1 aromatic carbocycles. The Morgan fingerprint density at radius 3 is 2.87 bits per heavy atom. The Balaban J connectivity index is 1.56. The van der Waals surface area contributed by atoms with E-state index in [4.69, 9.17) is 4.74 Å². The number of guanidine groups is 1. The average molecular weight is 425 g/mol. The number of nitrogens with zero attached hydrogens (tertiary/aromatic N) is 3. The number of nitrogens with one attached hydrogen (secondary N) is 2. The van der Waals surface area contributed by atoms with E-state index in [-0.39, 0.29) is 6.04 Å². The van der Waals surface area contributed by atoms with Gasteiger partial charge in [0.1, 0.15) is 11.6 Å². The van der Waals surface area contributed by atoms with Gasteiger partial charge in [0.25, 0.3) is 0 Å². The molecule has 0 aliphatic carbocycles. The summed E-state index contributed by atoms with van der Waals surface area (Å²) in [6.07, 6.45) is -2.04. The molecule has 1 fully saturated rings. The lowest BCUT2D eigenvalue weighted by molar-refractivity contribution is -0.143. The van der Waals surface area contributed by atoms with E-state index in [1.807, 2.05) is 6.07 Å². The Morgan fingerprint density at radius 1 is 1.30 bits per heavy atom. The molecule has 0 amide bonds. The molecular weight excluding hydrogens is 402 g/mol. The maximum Gasteiger partial charge on any atom is 0.401 e. The maximum atomic E-state index is 13.4. The minimum Gasteiger partial charge on any atom is -0.439 e. The minimum absolute atomic E-state index is 0.129. The Kier molecular flexibility index (Phi) is 7.09. The summed E-state index contributed by atoms with van der Waals surface area (Å²) in [5.41, 5.74) is 0.717. The molecule has 1 aromatic heterocycles. The van der Waals surface area contributed by atoms with E-state index in [0.29, 0.717) is 43.6 Å². The zero-order valence-corrected chi connectivity index (χ0v) is 16.4. The number of alkyl halides is 3. The van der Waals surface area contributed by atoms with Crippen molar-refractivity contribution in [2.45, 2.75) is 25.2 Å². The molecule has 162 valence electrons. The average Bonchev–Trinajstić information content (AvgIpc) is 3.11. The molecule has 0 spiro atoms. The molecule has 0 saturated carbocycles. The lowest BCUT2D eigenvalue weighted by Gasteiger charge is -2.20. The molecule has 2 heterocycles. The molecule has 30 heavy (non-hydrogen) atoms. The Hall–Kier alpha value is -2.88. The number of hydrogen-bond donors (Lipinski definition) is 2. The first kappa shape index (κ1) is 21.8. The lowest BCUT2D eigenvalue weighted by Crippen LogP contribution is -2.44. The molecule has 10 heteroatoms. The van der Waals surface area contributed by atoms with Gasteiger partial charge in [0.15, 0.2) is 5.96 Å². The number of pyridine rings is 1. The Labute approximate surface area is 172 Å². The van der Waals surface area contributed by atoms with Crippen LogP contribution in [-0.4, -0.2) is 54.7 Å². The highest BCUT2D eigenvalue weighted by atomic mass is 19.4. The van der Waals surface area contributed by atoms with Crippen LogP contribution in [0.4, 0.5) is 17.6 Å². The van der Waals surface area contributed by atoms with Crippen molar-refractivity contribution in [1.82, 2.24) is 20.5 Å². The minimum atomic E-state index is -4.20. The first-order chi connectivity index (χ1) is 14.3. The number of aromatic nitrogens is 1. The molecular formula is C20H23F4N5O. The highest BCUT2D eigenvalue weighted by Gasteiger charge is 2.34. The smallest absolute Gasteiger partial charge is 0.401 e. The maximum absolute atomic E-state index is 13.4. The van der Waals surface area contributed by atoms with Gasteiger partial charge in [-0.2, -0.15) is 13.2 Å². The molecule has 3 rings (SSSR count). The van der Waals surface area contributed by atoms with Crippen LogP contribution in [0.5, 0.6) is 11.6 Å². The second kappa shape index (κ2) is 9.75. The highest BCUT2D eigenvalue weighted by molar-refractivity contribution is 5.80. The first-order valence-electron chi connectivity index (χ1n) is 9.46. The van der Waals surface area contributed by atoms with Crippen LogP contribution in [0.3, 0.4) is 0 Å². The molecule has 0 bridgehead atoms. The molecule has 2 aromatic rings. The fourth-order valence-corrected chi connectivity index (χ4v) is 3.21. The molecule has 1 aliphatic heterocycles. The van der Waals surface area contributed by atoms with Crippen molar-refractivity contribution in [3.05, 3.63) is 54.0 Å². The van der Waals surface area contributed by atoms with E-state index < -0.39 is 18.5 Å². The van der Waals surface area contributed by atoms with Crippen LogP contribution < -0.4 is 15.4 Å². The SMILES string of the molecule is CN=C(NCc1cccnc1Oc1cccc(F)c1)NC1CCN(CC(F)(F)F)C1. The standard InChI is InChI=1S/C20H23F4N5O/c1-25-19(28-16-7-9-29(12-16)13-20(22,23)24)27-11-14-4-3-8-26-18(14)30-17-6-2-5-15(21)10-17/h2-6,8,10,16H,7,9,11-13H2,1H3,(H2,25,27,28). The summed E-state index contributed by atoms with van der Waals surface area (Å²) in [6.45, 7) is 0.0776. The summed E-state index contributed by atoms with van der Waals surface area (Å²) < 4.78 is 56.7. The van der Waals surface area contributed by atoms with Gasteiger partial charge in [-0.3, -0.25) is 9.89 Å². The fraction of sp³-hybridized carbons (Fsp3) is 0.400. The number of hydrogen-bond acceptors (Lipinski definition) is 4. The van der Waals surface area contributed by atoms with Crippen LogP contribution in [0.25, 0.3) is 0 Å². The predicted octanol–water partition coefficient (Wildman–Crippen LogP) is 3.31. The van der Waals surface area contributed by atoms with Crippen molar-refractivity contribution in [2.24, 2.45) is 4.99 Å². The van der Waals surface area contributed by atoms with Crippen molar-refractivity contribution in [3.63, 3.8) is 0 Å². The lowest BCUT2D eigenvalue weighted by atomic mass is 10.2. The largest absolute Gasteiger partial charge is 0.439 e. The van der Waals surface area contributed by atoms with Gasteiger partial charge in [0, 0.05) is 50.6 Å². The zero-order valence-electron chi connectivity index (χ0n) is 16.4. The van der Waals surface area contributed by atoms with Crippen LogP contribution in [0.15, 0.2) is 47.6 Å². The third-order valence-corrected chi connectivity index (χ3v) is 4.55. The Bertz CT molecular complexity index is 874. The van der Waals surface area contributed by atoms with E-state index in [1.54, 1.807) is 31.4 Å². The van der Waals surface area contributed by atoms with Gasteiger partial charge in [-0.05, 0) is 24.6 Å². The van der Waals surface area contributed by atoms with Gasteiger partial charge >= 0.3 is 6.18 Å². The van der Waals surface area contributed by atoms with Crippen LogP contribution in [0.2, 0.25) is 0 Å². The first-order valence-corrected chi connectivity index (χ1v) is 9.46. The zero-order chi connectivity index (χ0) is 21.6. The molecule has 0 radical (unpaired) electrons. The predicted molar refractivity (Wildman–Crippen MR) is 105 cm³/mol. The molecule has 1 atom stereocenters. The van der Waals surface area contributed by atoms with Crippen molar-refractivity contribution >= 4 is 5.96 Å². The van der Waals surface area contributed by atoms with Crippen LogP contribution in [0, 0.1) is 5.82 Å². The Morgan fingerprint density at radius 2 is 2.13 bits per heavy atom. The molecule has 1 saturated heterocycles. The summed E-state index contributed by atoms with van der Waals surface area (Å²) in [5, 5.41) is 6.26. The second-order valence-electron chi connectivity index (χ2n) is 6.93. The van der Waals surface area contributed by atoms with Crippen molar-refractivity contribution < 1.29 is 22.3 Å². The van der Waals surface area contributed by atoms with E-state index in [0.717, 1.165) is 5.56 Å². The van der Waals surface area contributed by atoms with Gasteiger partial charge in [0.05, 0.1) is 6.54 Å². The van der Waals surface area contributed by atoms with E-state index in [1.165, 1.54) is 17.0 Å². The van der Waals surface area contributed by atoms with Gasteiger partial charge < -0.3 is 15.4 Å². The van der Waals surface area contributed by atoms with E-state index in [2.05, 4.69) is 20.6 Å². The fourth-order valence-electron chi connectivity index (χ4n) is 3.21. The van der Waals surface area contributed by atoms with Crippen LogP contribution >= 0.6 is 0 Å². The number of ether oxygens (including phenoxy) is 1. The summed E-state index contributed by atoms with van der Waals surface area (Å²) in [7, 11) is 1.59. The third-order valence-electron chi connectivity index (χ3n) is 4.55. The normalized spacial score (nSPS) is 17.8.